The molecule has 1 aliphatic rings. The molecule has 70 valence electrons. The van der Waals surface area contributed by atoms with Gasteiger partial charge in [-0.3, -0.25) is 0 Å². The smallest absolute Gasteiger partial charge is 0.00701 e. The van der Waals surface area contributed by atoms with Crippen LogP contribution in [0.4, 0.5) is 0 Å². The first-order valence-electron chi connectivity index (χ1n) is 5.21. The number of hydrogen-bond acceptors (Lipinski definition) is 1. The number of nitrogens with two attached hydrogens (primary N) is 1. The molecule has 0 aromatic heterocycles. The molecule has 0 amide bonds. The Hall–Kier alpha value is -0.300. The highest BCUT2D eigenvalue weighted by Crippen LogP contribution is 2.27. The zero-order valence-electron chi connectivity index (χ0n) is 7.97. The fourth-order valence-corrected chi connectivity index (χ4v) is 2.11. The van der Waals surface area contributed by atoms with Crippen LogP contribution >= 0.6 is 0 Å². The maximum atomic E-state index is 6.09. The minimum Gasteiger partial charge on any atom is -0.327 e. The van der Waals surface area contributed by atoms with E-state index in [9.17, 15) is 0 Å². The van der Waals surface area contributed by atoms with Crippen molar-refractivity contribution in [1.29, 1.82) is 0 Å². The molecule has 0 spiro atoms. The molecule has 1 aliphatic carbocycles. The summed E-state index contributed by atoms with van der Waals surface area (Å²) in [6.07, 6.45) is 11.1. The Morgan fingerprint density at radius 2 is 2.00 bits per heavy atom. The Labute approximate surface area is 76.0 Å². The van der Waals surface area contributed by atoms with Gasteiger partial charge in [-0.15, -0.1) is 6.58 Å². The van der Waals surface area contributed by atoms with Crippen LogP contribution in [0.25, 0.3) is 0 Å². The van der Waals surface area contributed by atoms with Crippen LogP contribution in [0.5, 0.6) is 0 Å². The molecule has 0 aliphatic heterocycles. The largest absolute Gasteiger partial charge is 0.327 e. The van der Waals surface area contributed by atoms with E-state index in [1.165, 1.54) is 32.1 Å². The summed E-state index contributed by atoms with van der Waals surface area (Å²) in [4.78, 5) is 0. The van der Waals surface area contributed by atoms with Crippen LogP contribution in [-0.2, 0) is 0 Å². The van der Waals surface area contributed by atoms with Crippen LogP contribution in [-0.4, -0.2) is 6.04 Å². The zero-order valence-corrected chi connectivity index (χ0v) is 7.97. The van der Waals surface area contributed by atoms with Crippen molar-refractivity contribution in [3.05, 3.63) is 12.7 Å². The predicted molar refractivity (Wildman–Crippen MR) is 54.0 cm³/mol. The van der Waals surface area contributed by atoms with E-state index in [0.717, 1.165) is 18.8 Å². The molecule has 0 aromatic carbocycles. The molecule has 0 aromatic rings. The first kappa shape index (κ1) is 9.79. The lowest BCUT2D eigenvalue weighted by Gasteiger charge is -2.27. The molecule has 0 radical (unpaired) electrons. The average molecular weight is 167 g/mol. The van der Waals surface area contributed by atoms with Gasteiger partial charge in [0.05, 0.1) is 0 Å². The van der Waals surface area contributed by atoms with E-state index in [4.69, 9.17) is 5.73 Å². The third-order valence-electron chi connectivity index (χ3n) is 2.96. The lowest BCUT2D eigenvalue weighted by molar-refractivity contribution is 0.296. The summed E-state index contributed by atoms with van der Waals surface area (Å²) in [5, 5.41) is 0. The van der Waals surface area contributed by atoms with Gasteiger partial charge in [-0.05, 0) is 31.6 Å². The second kappa shape index (κ2) is 5.36. The Kier molecular flexibility index (Phi) is 4.37. The van der Waals surface area contributed by atoms with Gasteiger partial charge in [0.15, 0.2) is 0 Å². The van der Waals surface area contributed by atoms with Crippen molar-refractivity contribution in [2.45, 2.75) is 51.0 Å². The van der Waals surface area contributed by atoms with Gasteiger partial charge >= 0.3 is 0 Å². The number of rotatable bonds is 4. The topological polar surface area (TPSA) is 26.0 Å². The second-order valence-electron chi connectivity index (χ2n) is 3.93. The lowest BCUT2D eigenvalue weighted by Crippen LogP contribution is -2.31. The lowest BCUT2D eigenvalue weighted by atomic mass is 9.83. The number of allylic oxidation sites excluding steroid dienone is 1. The molecule has 1 atom stereocenters. The van der Waals surface area contributed by atoms with Gasteiger partial charge < -0.3 is 5.73 Å². The van der Waals surface area contributed by atoms with Gasteiger partial charge in [-0.25, -0.2) is 0 Å². The molecule has 1 saturated carbocycles. The Morgan fingerprint density at radius 1 is 1.33 bits per heavy atom. The molecular formula is C11H21N. The fourth-order valence-electron chi connectivity index (χ4n) is 2.11. The van der Waals surface area contributed by atoms with Crippen molar-refractivity contribution in [1.82, 2.24) is 0 Å². The average Bonchev–Trinajstić information content (AvgIpc) is 2.15. The first-order valence-corrected chi connectivity index (χ1v) is 5.21. The second-order valence-corrected chi connectivity index (χ2v) is 3.93. The summed E-state index contributed by atoms with van der Waals surface area (Å²) in [5.74, 6) is 0.804. The van der Waals surface area contributed by atoms with Crippen molar-refractivity contribution < 1.29 is 0 Å². The highest BCUT2D eigenvalue weighted by atomic mass is 14.6. The van der Waals surface area contributed by atoms with Crippen molar-refractivity contribution in [3.63, 3.8) is 0 Å². The molecule has 0 unspecified atom stereocenters. The van der Waals surface area contributed by atoms with E-state index in [0.29, 0.717) is 6.04 Å². The number of hydrogen-bond donors (Lipinski definition) is 1. The van der Waals surface area contributed by atoms with E-state index < -0.39 is 0 Å². The van der Waals surface area contributed by atoms with Crippen molar-refractivity contribution in [2.75, 3.05) is 0 Å². The molecule has 1 heteroatoms. The summed E-state index contributed by atoms with van der Waals surface area (Å²) in [6.45, 7) is 3.72. The predicted octanol–water partition coefficient (Wildman–Crippen LogP) is 2.86. The van der Waals surface area contributed by atoms with Gasteiger partial charge in [0, 0.05) is 6.04 Å². The van der Waals surface area contributed by atoms with Crippen LogP contribution in [0.1, 0.15) is 44.9 Å². The summed E-state index contributed by atoms with van der Waals surface area (Å²) in [5.41, 5.74) is 6.09. The zero-order chi connectivity index (χ0) is 8.81. The van der Waals surface area contributed by atoms with Crippen LogP contribution in [0.15, 0.2) is 12.7 Å². The van der Waals surface area contributed by atoms with Gasteiger partial charge in [0.25, 0.3) is 0 Å². The highest BCUT2D eigenvalue weighted by molar-refractivity contribution is 4.79. The molecule has 0 bridgehead atoms. The molecule has 1 fully saturated rings. The van der Waals surface area contributed by atoms with Crippen molar-refractivity contribution in [2.24, 2.45) is 11.7 Å². The van der Waals surface area contributed by atoms with Crippen LogP contribution in [0.3, 0.4) is 0 Å². The van der Waals surface area contributed by atoms with E-state index in [2.05, 4.69) is 6.58 Å². The summed E-state index contributed by atoms with van der Waals surface area (Å²) < 4.78 is 0. The normalized spacial score (nSPS) is 22.1. The SMILES string of the molecule is C=CCC[C@@H](N)C1CCCCC1. The van der Waals surface area contributed by atoms with Crippen LogP contribution < -0.4 is 5.73 Å². The minimum absolute atomic E-state index is 0.434. The van der Waals surface area contributed by atoms with E-state index in [1.807, 2.05) is 6.08 Å². The standard InChI is InChI=1S/C11H21N/c1-2-3-9-11(12)10-7-5-4-6-8-10/h2,10-11H,1,3-9,12H2/t11-/m1/s1. The van der Waals surface area contributed by atoms with E-state index in [1.54, 1.807) is 0 Å². The van der Waals surface area contributed by atoms with Crippen molar-refractivity contribution in [3.8, 4) is 0 Å². The highest BCUT2D eigenvalue weighted by Gasteiger charge is 2.19. The molecule has 1 nitrogen and oxygen atoms in total. The van der Waals surface area contributed by atoms with Crippen LogP contribution in [0.2, 0.25) is 0 Å². The monoisotopic (exact) mass is 167 g/mol. The maximum absolute atomic E-state index is 6.09. The van der Waals surface area contributed by atoms with Gasteiger partial charge in [-0.2, -0.15) is 0 Å². The molecular weight excluding hydrogens is 146 g/mol. The molecule has 0 saturated heterocycles. The van der Waals surface area contributed by atoms with E-state index >= 15 is 0 Å². The molecule has 0 heterocycles. The van der Waals surface area contributed by atoms with Crippen molar-refractivity contribution >= 4 is 0 Å². The van der Waals surface area contributed by atoms with Gasteiger partial charge in [-0.1, -0.05) is 25.3 Å². The summed E-state index contributed by atoms with van der Waals surface area (Å²) >= 11 is 0. The molecule has 12 heavy (non-hydrogen) atoms. The Bertz CT molecular complexity index is 125. The molecule has 1 rings (SSSR count). The summed E-state index contributed by atoms with van der Waals surface area (Å²) in [7, 11) is 0. The summed E-state index contributed by atoms with van der Waals surface area (Å²) in [6, 6.07) is 0.434. The maximum Gasteiger partial charge on any atom is 0.00701 e. The van der Waals surface area contributed by atoms with Gasteiger partial charge in [0.2, 0.25) is 0 Å². The van der Waals surface area contributed by atoms with Gasteiger partial charge in [0.1, 0.15) is 0 Å². The first-order chi connectivity index (χ1) is 5.84. The fraction of sp³-hybridized carbons (Fsp3) is 0.818. The third-order valence-corrected chi connectivity index (χ3v) is 2.96. The Balaban J connectivity index is 2.19. The van der Waals surface area contributed by atoms with E-state index in [-0.39, 0.29) is 0 Å². The third kappa shape index (κ3) is 2.98. The molecule has 2 N–H and O–H groups in total. The quantitative estimate of drug-likeness (QED) is 0.640. The Morgan fingerprint density at radius 3 is 2.58 bits per heavy atom. The van der Waals surface area contributed by atoms with Crippen LogP contribution in [0, 0.1) is 5.92 Å². The minimum atomic E-state index is 0.434.